The van der Waals surface area contributed by atoms with Crippen LogP contribution in [-0.2, 0) is 16.2 Å². The van der Waals surface area contributed by atoms with Gasteiger partial charge in [-0.15, -0.1) is 0 Å². The molecule has 6 nitrogen and oxygen atoms in total. The van der Waals surface area contributed by atoms with Crippen molar-refractivity contribution in [1.29, 1.82) is 0 Å². The van der Waals surface area contributed by atoms with Gasteiger partial charge in [0.05, 0.1) is 11.1 Å². The third kappa shape index (κ3) is 5.66. The number of amides is 1. The van der Waals surface area contributed by atoms with Gasteiger partial charge in [-0.3, -0.25) is 14.4 Å². The largest absolute Gasteiger partial charge is 0.497 e. The van der Waals surface area contributed by atoms with Crippen LogP contribution in [0.25, 0.3) is 5.57 Å². The Morgan fingerprint density at radius 2 is 1.71 bits per heavy atom. The quantitative estimate of drug-likeness (QED) is 0.274. The number of nitrogens with zero attached hydrogens (tertiary/aromatic N) is 2. The highest BCUT2D eigenvalue weighted by Crippen LogP contribution is 2.37. The molecule has 0 spiro atoms. The summed E-state index contributed by atoms with van der Waals surface area (Å²) >= 11 is 0. The van der Waals surface area contributed by atoms with Crippen molar-refractivity contribution in [2.45, 2.75) is 19.1 Å². The van der Waals surface area contributed by atoms with E-state index in [4.69, 9.17) is 4.84 Å². The first-order valence-electron chi connectivity index (χ1n) is 12.5. The average Bonchev–Trinajstić information content (AvgIpc) is 2.96. The van der Waals surface area contributed by atoms with Crippen LogP contribution >= 0.6 is 0 Å². The van der Waals surface area contributed by atoms with E-state index in [0.717, 1.165) is 29.5 Å². The van der Waals surface area contributed by atoms with Gasteiger partial charge in [0.1, 0.15) is 17.8 Å². The lowest BCUT2D eigenvalue weighted by molar-refractivity contribution is -0.228. The monoisotopic (exact) mass is 569 g/mol. The number of para-hydroxylation sites is 1. The minimum atomic E-state index is -5.33. The zero-order valence-corrected chi connectivity index (χ0v) is 21.3. The molecule has 0 fully saturated rings. The number of hydrogen-bond donors (Lipinski definition) is 0. The highest BCUT2D eigenvalue weighted by atomic mass is 19.4. The predicted molar refractivity (Wildman–Crippen MR) is 139 cm³/mol. The Bertz CT molecular complexity index is 1600. The second kappa shape index (κ2) is 10.7. The van der Waals surface area contributed by atoms with Gasteiger partial charge in [-0.05, 0) is 47.9 Å². The number of rotatable bonds is 5. The van der Waals surface area contributed by atoms with Crippen LogP contribution in [0.5, 0.6) is 0 Å². The maximum absolute atomic E-state index is 14.9. The Balaban J connectivity index is 1.44. The van der Waals surface area contributed by atoms with Crippen molar-refractivity contribution < 1.29 is 41.2 Å². The molecule has 0 aliphatic carbocycles. The van der Waals surface area contributed by atoms with Gasteiger partial charge in [0.25, 0.3) is 5.91 Å². The number of quaternary nitrogens is 1. The Morgan fingerprint density at radius 3 is 2.39 bits per heavy atom. The van der Waals surface area contributed by atoms with Crippen molar-refractivity contribution in [2.24, 2.45) is 0 Å². The molecule has 0 bridgehead atoms. The summed E-state index contributed by atoms with van der Waals surface area (Å²) in [5.74, 6) is -4.82. The summed E-state index contributed by atoms with van der Waals surface area (Å²) in [7, 11) is 0. The van der Waals surface area contributed by atoms with E-state index in [1.54, 1.807) is 18.2 Å². The molecule has 1 amide bonds. The van der Waals surface area contributed by atoms with Crippen molar-refractivity contribution in [3.8, 4) is 0 Å². The number of allylic oxidation sites excluding steroid dienone is 1. The zero-order chi connectivity index (χ0) is 29.4. The molecule has 210 valence electrons. The number of carbonyl (C=O) groups is 3. The van der Waals surface area contributed by atoms with E-state index < -0.39 is 40.8 Å². The summed E-state index contributed by atoms with van der Waals surface area (Å²) in [4.78, 5) is 44.0. The van der Waals surface area contributed by atoms with Gasteiger partial charge in [-0.25, -0.2) is 13.6 Å². The lowest BCUT2D eigenvalue weighted by atomic mass is 9.98. The Kier molecular flexibility index (Phi) is 7.31. The Labute approximate surface area is 231 Å². The molecule has 11 heteroatoms. The molecule has 3 aromatic carbocycles. The number of hydrogen-bond acceptors (Lipinski definition) is 4. The third-order valence-electron chi connectivity index (χ3n) is 6.91. The van der Waals surface area contributed by atoms with E-state index in [-0.39, 0.29) is 41.3 Å². The molecule has 0 radical (unpaired) electrons. The second-order valence-electron chi connectivity index (χ2n) is 9.58. The average molecular weight is 570 g/mol. The van der Waals surface area contributed by atoms with Crippen LogP contribution in [0, 0.1) is 11.6 Å². The predicted octanol–water partition coefficient (Wildman–Crippen LogP) is 6.13. The van der Waals surface area contributed by atoms with Gasteiger partial charge in [0, 0.05) is 30.8 Å². The van der Waals surface area contributed by atoms with E-state index in [2.05, 4.69) is 0 Å². The molecule has 5 rings (SSSR count). The van der Waals surface area contributed by atoms with Crippen molar-refractivity contribution in [2.75, 3.05) is 13.1 Å². The molecular formula is C30H22F5N2O4+. The van der Waals surface area contributed by atoms with Gasteiger partial charge in [0.15, 0.2) is 18.0 Å². The van der Waals surface area contributed by atoms with Crippen molar-refractivity contribution in [1.82, 2.24) is 9.55 Å². The van der Waals surface area contributed by atoms with E-state index >= 15 is 0 Å². The minimum absolute atomic E-state index is 0.0238. The van der Waals surface area contributed by atoms with E-state index in [1.165, 1.54) is 53.4 Å². The van der Waals surface area contributed by atoms with Crippen LogP contribution in [0.15, 0.2) is 85.1 Å². The summed E-state index contributed by atoms with van der Waals surface area (Å²) < 4.78 is 66.7. The maximum Gasteiger partial charge on any atom is 0.497 e. The van der Waals surface area contributed by atoms with Crippen LogP contribution in [0.1, 0.15) is 38.3 Å². The highest BCUT2D eigenvalue weighted by Gasteiger charge is 2.50. The molecule has 2 heterocycles. The summed E-state index contributed by atoms with van der Waals surface area (Å²) in [5, 5.41) is 0. The SMILES string of the molecule is O=C1C=C[N+](Cc2ccc(F)c(C(=O)N3CC=C(c4ccc(F)cc4)CC3)c2)(OC(=O)C(F)(F)F)c2ccccc21. The van der Waals surface area contributed by atoms with Gasteiger partial charge in [-0.1, -0.05) is 41.1 Å². The van der Waals surface area contributed by atoms with Gasteiger partial charge in [0.2, 0.25) is 0 Å². The first kappa shape index (κ1) is 27.9. The highest BCUT2D eigenvalue weighted by molar-refractivity contribution is 6.09. The lowest BCUT2D eigenvalue weighted by Crippen LogP contribution is -2.50. The fourth-order valence-corrected chi connectivity index (χ4v) is 4.88. The lowest BCUT2D eigenvalue weighted by Gasteiger charge is -2.33. The first-order chi connectivity index (χ1) is 19.5. The maximum atomic E-state index is 14.9. The number of fused-ring (bicyclic) bond motifs is 1. The summed E-state index contributed by atoms with van der Waals surface area (Å²) in [6.45, 7) is -0.0401. The number of halogens is 5. The Morgan fingerprint density at radius 1 is 0.976 bits per heavy atom. The van der Waals surface area contributed by atoms with Crippen LogP contribution < -0.4 is 4.65 Å². The normalized spacial score (nSPS) is 18.5. The van der Waals surface area contributed by atoms with E-state index in [0.29, 0.717) is 6.42 Å². The van der Waals surface area contributed by atoms with Crippen molar-refractivity contribution in [3.05, 3.63) is 119 Å². The van der Waals surface area contributed by atoms with Crippen LogP contribution in [0.4, 0.5) is 27.6 Å². The molecular weight excluding hydrogens is 547 g/mol. The molecule has 1 atom stereocenters. The number of hydroxylamine groups is 2. The molecule has 0 saturated carbocycles. The number of carbonyl (C=O) groups excluding carboxylic acids is 3. The molecule has 0 aromatic heterocycles. The topological polar surface area (TPSA) is 63.7 Å². The summed E-state index contributed by atoms with van der Waals surface area (Å²) in [6.07, 6.45) is -1.07. The Hall–Kier alpha value is -4.64. The summed E-state index contributed by atoms with van der Waals surface area (Å²) in [5.41, 5.74) is 1.59. The molecule has 0 saturated heterocycles. The number of alkyl halides is 3. The smallest absolute Gasteiger partial charge is 0.334 e. The van der Waals surface area contributed by atoms with Crippen LogP contribution in [0.3, 0.4) is 0 Å². The molecule has 2 aliphatic rings. The fourth-order valence-electron chi connectivity index (χ4n) is 4.88. The van der Waals surface area contributed by atoms with Gasteiger partial charge < -0.3 is 4.90 Å². The number of ketones is 1. The third-order valence-corrected chi connectivity index (χ3v) is 6.91. The molecule has 0 N–H and O–H groups in total. The molecule has 3 aromatic rings. The summed E-state index contributed by atoms with van der Waals surface area (Å²) in [6, 6.07) is 15.1. The van der Waals surface area contributed by atoms with Crippen molar-refractivity contribution >= 4 is 28.9 Å². The fraction of sp³-hybridized carbons (Fsp3) is 0.167. The standard InChI is InChI=1S/C30H22F5N2O4/c31-22-8-6-20(7-9-22)21-11-14-36(15-12-21)28(39)24-17-19(5-10-25(24)32)18-37(41-29(40)30(33,34)35)16-13-27(38)23-3-1-2-4-26(23)37/h1-11,13,16-17H,12,14-15,18H2/q+1. The van der Waals surface area contributed by atoms with Gasteiger partial charge >= 0.3 is 12.1 Å². The zero-order valence-electron chi connectivity index (χ0n) is 21.3. The van der Waals surface area contributed by atoms with E-state index in [9.17, 15) is 36.3 Å². The first-order valence-corrected chi connectivity index (χ1v) is 12.5. The minimum Gasteiger partial charge on any atom is -0.334 e. The molecule has 1 unspecified atom stereocenters. The second-order valence-corrected chi connectivity index (χ2v) is 9.58. The van der Waals surface area contributed by atoms with E-state index in [1.807, 2.05) is 0 Å². The van der Waals surface area contributed by atoms with Gasteiger partial charge in [-0.2, -0.15) is 13.2 Å². The molecule has 2 aliphatic heterocycles. The molecule has 41 heavy (non-hydrogen) atoms. The van der Waals surface area contributed by atoms with Crippen molar-refractivity contribution in [3.63, 3.8) is 0 Å². The van der Waals surface area contributed by atoms with Crippen LogP contribution in [-0.4, -0.2) is 41.8 Å². The number of benzene rings is 3. The van der Waals surface area contributed by atoms with Crippen LogP contribution in [0.2, 0.25) is 0 Å².